The average Bonchev–Trinajstić information content (AvgIpc) is 2.56. The van der Waals surface area contributed by atoms with Gasteiger partial charge in [0.15, 0.2) is 0 Å². The van der Waals surface area contributed by atoms with Gasteiger partial charge in [-0.1, -0.05) is 18.2 Å². The molecule has 1 aromatic rings. The SMILES string of the molecule is C[C@@H](O)[C@H]1C[C@@H](Sc2ccccc2)C(C)(C)O1. The van der Waals surface area contributed by atoms with Crippen LogP contribution in [0.3, 0.4) is 0 Å². The van der Waals surface area contributed by atoms with Gasteiger partial charge in [-0.2, -0.15) is 0 Å². The van der Waals surface area contributed by atoms with E-state index < -0.39 is 6.10 Å². The molecule has 1 heterocycles. The summed E-state index contributed by atoms with van der Waals surface area (Å²) >= 11 is 1.84. The molecule has 0 bridgehead atoms. The molecule has 1 fully saturated rings. The van der Waals surface area contributed by atoms with E-state index in [9.17, 15) is 5.11 Å². The third kappa shape index (κ3) is 3.03. The summed E-state index contributed by atoms with van der Waals surface area (Å²) in [5.41, 5.74) is -0.178. The van der Waals surface area contributed by atoms with E-state index in [4.69, 9.17) is 4.74 Å². The van der Waals surface area contributed by atoms with Crippen LogP contribution in [-0.4, -0.2) is 28.2 Å². The Labute approximate surface area is 107 Å². The van der Waals surface area contributed by atoms with Crippen LogP contribution >= 0.6 is 11.8 Å². The number of rotatable bonds is 3. The van der Waals surface area contributed by atoms with E-state index in [0.29, 0.717) is 5.25 Å². The zero-order valence-corrected chi connectivity index (χ0v) is 11.4. The molecule has 17 heavy (non-hydrogen) atoms. The van der Waals surface area contributed by atoms with Crippen molar-refractivity contribution < 1.29 is 9.84 Å². The quantitative estimate of drug-likeness (QED) is 0.896. The van der Waals surface area contributed by atoms with Crippen LogP contribution in [0.1, 0.15) is 27.2 Å². The summed E-state index contributed by atoms with van der Waals surface area (Å²) in [7, 11) is 0. The van der Waals surface area contributed by atoms with Crippen LogP contribution in [-0.2, 0) is 4.74 Å². The van der Waals surface area contributed by atoms with Crippen LogP contribution in [0.15, 0.2) is 35.2 Å². The second kappa shape index (κ2) is 5.01. The molecule has 0 aromatic heterocycles. The van der Waals surface area contributed by atoms with Crippen molar-refractivity contribution in [2.75, 3.05) is 0 Å². The number of benzene rings is 1. The Kier molecular flexibility index (Phi) is 3.81. The summed E-state index contributed by atoms with van der Waals surface area (Å²) in [6.07, 6.45) is 0.478. The molecule has 3 heteroatoms. The summed E-state index contributed by atoms with van der Waals surface area (Å²) < 4.78 is 5.92. The minimum Gasteiger partial charge on any atom is -0.391 e. The van der Waals surface area contributed by atoms with Crippen molar-refractivity contribution >= 4 is 11.8 Å². The molecule has 2 rings (SSSR count). The van der Waals surface area contributed by atoms with Crippen molar-refractivity contribution in [3.63, 3.8) is 0 Å². The lowest BCUT2D eigenvalue weighted by molar-refractivity contribution is -0.0640. The molecule has 0 unspecified atom stereocenters. The van der Waals surface area contributed by atoms with Gasteiger partial charge in [0.25, 0.3) is 0 Å². The van der Waals surface area contributed by atoms with Gasteiger partial charge in [-0.15, -0.1) is 11.8 Å². The zero-order chi connectivity index (χ0) is 12.5. The Hall–Kier alpha value is -0.510. The Morgan fingerprint density at radius 3 is 2.53 bits per heavy atom. The van der Waals surface area contributed by atoms with E-state index in [1.165, 1.54) is 4.90 Å². The smallest absolute Gasteiger partial charge is 0.0850 e. The summed E-state index contributed by atoms with van der Waals surface area (Å²) in [6.45, 7) is 6.02. The molecule has 0 saturated carbocycles. The fraction of sp³-hybridized carbons (Fsp3) is 0.571. The predicted octanol–water partition coefficient (Wildman–Crippen LogP) is 3.10. The molecule has 0 amide bonds. The molecule has 0 spiro atoms. The van der Waals surface area contributed by atoms with Crippen molar-refractivity contribution in [1.29, 1.82) is 0 Å². The zero-order valence-electron chi connectivity index (χ0n) is 10.6. The number of aliphatic hydroxyl groups is 1. The van der Waals surface area contributed by atoms with E-state index >= 15 is 0 Å². The van der Waals surface area contributed by atoms with Crippen molar-refractivity contribution in [2.24, 2.45) is 0 Å². The van der Waals surface area contributed by atoms with E-state index in [-0.39, 0.29) is 11.7 Å². The van der Waals surface area contributed by atoms with Gasteiger partial charge in [-0.25, -0.2) is 0 Å². The van der Waals surface area contributed by atoms with Gasteiger partial charge in [-0.05, 0) is 39.3 Å². The summed E-state index contributed by atoms with van der Waals surface area (Å²) in [4.78, 5) is 1.26. The molecule has 1 aliphatic rings. The molecule has 3 atom stereocenters. The van der Waals surface area contributed by atoms with E-state index in [2.05, 4.69) is 38.1 Å². The molecule has 0 radical (unpaired) electrons. The van der Waals surface area contributed by atoms with Crippen LogP contribution in [0.2, 0.25) is 0 Å². The van der Waals surface area contributed by atoms with Crippen molar-refractivity contribution in [1.82, 2.24) is 0 Å². The van der Waals surface area contributed by atoms with Crippen molar-refractivity contribution in [3.8, 4) is 0 Å². The Morgan fingerprint density at radius 1 is 1.35 bits per heavy atom. The maximum Gasteiger partial charge on any atom is 0.0850 e. The molecular formula is C14H20O2S. The molecule has 0 aliphatic carbocycles. The second-order valence-electron chi connectivity index (χ2n) is 5.16. The molecule has 94 valence electrons. The lowest BCUT2D eigenvalue weighted by Crippen LogP contribution is -2.31. The Balaban J connectivity index is 2.06. The van der Waals surface area contributed by atoms with Crippen molar-refractivity contribution in [2.45, 2.75) is 55.1 Å². The van der Waals surface area contributed by atoms with Crippen LogP contribution in [0, 0.1) is 0 Å². The second-order valence-corrected chi connectivity index (χ2v) is 6.43. The predicted molar refractivity (Wildman–Crippen MR) is 71.3 cm³/mol. The number of aliphatic hydroxyl groups excluding tert-OH is 1. The Bertz CT molecular complexity index is 362. The van der Waals surface area contributed by atoms with Gasteiger partial charge in [-0.3, -0.25) is 0 Å². The van der Waals surface area contributed by atoms with E-state index in [0.717, 1.165) is 6.42 Å². The van der Waals surface area contributed by atoms with Gasteiger partial charge in [0.1, 0.15) is 0 Å². The third-order valence-corrected chi connectivity index (χ3v) is 4.83. The minimum atomic E-state index is -0.393. The van der Waals surface area contributed by atoms with Crippen molar-refractivity contribution in [3.05, 3.63) is 30.3 Å². The van der Waals surface area contributed by atoms with E-state index in [1.807, 2.05) is 17.8 Å². The summed E-state index contributed by atoms with van der Waals surface area (Å²) in [6, 6.07) is 10.4. The van der Waals surface area contributed by atoms with Gasteiger partial charge in [0.2, 0.25) is 0 Å². The maximum atomic E-state index is 9.63. The number of thioether (sulfide) groups is 1. The van der Waals surface area contributed by atoms with Crippen LogP contribution in [0.4, 0.5) is 0 Å². The standard InChI is InChI=1S/C14H20O2S/c1-10(15)12-9-13(14(2,3)16-12)17-11-7-5-4-6-8-11/h4-8,10,12-13,15H,9H2,1-3H3/t10-,12-,13-/m1/s1. The van der Waals surface area contributed by atoms with Crippen LogP contribution < -0.4 is 0 Å². The monoisotopic (exact) mass is 252 g/mol. The number of hydrogen-bond donors (Lipinski definition) is 1. The molecular weight excluding hydrogens is 232 g/mol. The first-order chi connectivity index (χ1) is 7.99. The number of hydrogen-bond acceptors (Lipinski definition) is 3. The molecule has 1 aliphatic heterocycles. The fourth-order valence-electron chi connectivity index (χ4n) is 2.16. The minimum absolute atomic E-state index is 0.0359. The highest BCUT2D eigenvalue weighted by Gasteiger charge is 2.43. The normalized spacial score (nSPS) is 29.2. The molecule has 1 N–H and O–H groups in total. The van der Waals surface area contributed by atoms with Gasteiger partial charge in [0, 0.05) is 10.1 Å². The van der Waals surface area contributed by atoms with Gasteiger partial charge in [0.05, 0.1) is 17.8 Å². The fourth-order valence-corrected chi connectivity index (χ4v) is 3.43. The topological polar surface area (TPSA) is 29.5 Å². The lowest BCUT2D eigenvalue weighted by atomic mass is 10.0. The van der Waals surface area contributed by atoms with Gasteiger partial charge < -0.3 is 9.84 Å². The average molecular weight is 252 g/mol. The van der Waals surface area contributed by atoms with Gasteiger partial charge >= 0.3 is 0 Å². The summed E-state index contributed by atoms with van der Waals surface area (Å²) in [5.74, 6) is 0. The highest BCUT2D eigenvalue weighted by molar-refractivity contribution is 8.00. The molecule has 1 saturated heterocycles. The lowest BCUT2D eigenvalue weighted by Gasteiger charge is -2.25. The first kappa shape index (κ1) is 12.9. The maximum absolute atomic E-state index is 9.63. The largest absolute Gasteiger partial charge is 0.391 e. The highest BCUT2D eigenvalue weighted by Crippen LogP contribution is 2.42. The molecule has 1 aromatic carbocycles. The first-order valence-electron chi connectivity index (χ1n) is 6.06. The highest BCUT2D eigenvalue weighted by atomic mass is 32.2. The summed E-state index contributed by atoms with van der Waals surface area (Å²) in [5, 5.41) is 10.0. The molecule has 2 nitrogen and oxygen atoms in total. The first-order valence-corrected chi connectivity index (χ1v) is 6.94. The van der Waals surface area contributed by atoms with Crippen LogP contribution in [0.5, 0.6) is 0 Å². The Morgan fingerprint density at radius 2 is 2.00 bits per heavy atom. The van der Waals surface area contributed by atoms with E-state index in [1.54, 1.807) is 6.92 Å². The van der Waals surface area contributed by atoms with Crippen LogP contribution in [0.25, 0.3) is 0 Å². The number of ether oxygens (including phenoxy) is 1. The third-order valence-electron chi connectivity index (χ3n) is 3.24.